The van der Waals surface area contributed by atoms with E-state index in [1.54, 1.807) is 7.05 Å². The standard InChI is InChI=1S/C15H29N5O2.HI/c1-3-7-18-14(22)6-8-19-15(17-2)20-9-4-5-12(11-20)10-13(16)21;/h12H,3-11H2,1-2H3,(H2,16,21)(H,17,19)(H,18,22);1H. The number of hydrogen-bond donors (Lipinski definition) is 3. The summed E-state index contributed by atoms with van der Waals surface area (Å²) in [6.07, 6.45) is 3.84. The summed E-state index contributed by atoms with van der Waals surface area (Å²) in [5, 5.41) is 6.07. The van der Waals surface area contributed by atoms with Crippen LogP contribution in [0.4, 0.5) is 0 Å². The maximum Gasteiger partial charge on any atom is 0.221 e. The normalized spacial score (nSPS) is 18.1. The summed E-state index contributed by atoms with van der Waals surface area (Å²) in [5.74, 6) is 0.882. The molecule has 0 saturated carbocycles. The van der Waals surface area contributed by atoms with Gasteiger partial charge in [0.1, 0.15) is 0 Å². The van der Waals surface area contributed by atoms with E-state index in [2.05, 4.69) is 20.5 Å². The summed E-state index contributed by atoms with van der Waals surface area (Å²) in [6.45, 7) is 4.99. The molecular formula is C15H30IN5O2. The van der Waals surface area contributed by atoms with Gasteiger partial charge in [-0.25, -0.2) is 0 Å². The van der Waals surface area contributed by atoms with E-state index in [-0.39, 0.29) is 41.7 Å². The molecule has 1 fully saturated rings. The molecule has 1 heterocycles. The molecule has 0 radical (unpaired) electrons. The van der Waals surface area contributed by atoms with Crippen molar-refractivity contribution in [3.8, 4) is 0 Å². The van der Waals surface area contributed by atoms with Crippen LogP contribution in [-0.2, 0) is 9.59 Å². The molecule has 0 aromatic heterocycles. The molecular weight excluding hydrogens is 409 g/mol. The fraction of sp³-hybridized carbons (Fsp3) is 0.800. The van der Waals surface area contributed by atoms with E-state index in [0.717, 1.165) is 38.3 Å². The molecule has 134 valence electrons. The number of nitrogens with zero attached hydrogens (tertiary/aromatic N) is 2. The summed E-state index contributed by atoms with van der Waals surface area (Å²) >= 11 is 0. The van der Waals surface area contributed by atoms with E-state index >= 15 is 0 Å². The van der Waals surface area contributed by atoms with Gasteiger partial charge in [0.05, 0.1) is 0 Å². The molecule has 7 nitrogen and oxygen atoms in total. The van der Waals surface area contributed by atoms with Gasteiger partial charge in [-0.1, -0.05) is 6.92 Å². The number of nitrogens with two attached hydrogens (primary N) is 1. The minimum atomic E-state index is -0.248. The molecule has 23 heavy (non-hydrogen) atoms. The number of aliphatic imine (C=N–C) groups is 1. The van der Waals surface area contributed by atoms with Gasteiger partial charge in [0, 0.05) is 46.1 Å². The molecule has 0 aromatic carbocycles. The van der Waals surface area contributed by atoms with Crippen molar-refractivity contribution in [2.45, 2.75) is 39.0 Å². The first-order valence-corrected chi connectivity index (χ1v) is 8.07. The van der Waals surface area contributed by atoms with Crippen LogP contribution in [0.3, 0.4) is 0 Å². The number of rotatable bonds is 7. The van der Waals surface area contributed by atoms with Crippen molar-refractivity contribution in [3.63, 3.8) is 0 Å². The van der Waals surface area contributed by atoms with Crippen molar-refractivity contribution in [3.05, 3.63) is 0 Å². The zero-order valence-corrected chi connectivity index (χ0v) is 16.5. The lowest BCUT2D eigenvalue weighted by molar-refractivity contribution is -0.121. The Morgan fingerprint density at radius 2 is 2.04 bits per heavy atom. The highest BCUT2D eigenvalue weighted by molar-refractivity contribution is 14.0. The molecule has 0 aromatic rings. The predicted molar refractivity (Wildman–Crippen MR) is 103 cm³/mol. The van der Waals surface area contributed by atoms with Crippen LogP contribution in [0.25, 0.3) is 0 Å². The van der Waals surface area contributed by atoms with Crippen molar-refractivity contribution >= 4 is 41.8 Å². The number of nitrogens with one attached hydrogen (secondary N) is 2. The molecule has 0 bridgehead atoms. The van der Waals surface area contributed by atoms with Crippen molar-refractivity contribution in [2.75, 3.05) is 33.2 Å². The Balaban J connectivity index is 0.00000484. The number of primary amides is 1. The van der Waals surface area contributed by atoms with E-state index in [1.165, 1.54) is 0 Å². The van der Waals surface area contributed by atoms with E-state index in [0.29, 0.717) is 25.9 Å². The van der Waals surface area contributed by atoms with Crippen LogP contribution < -0.4 is 16.4 Å². The second kappa shape index (κ2) is 12.4. The average molecular weight is 439 g/mol. The summed E-state index contributed by atoms with van der Waals surface area (Å²) in [6, 6.07) is 0. The van der Waals surface area contributed by atoms with E-state index in [1.807, 2.05) is 6.92 Å². The monoisotopic (exact) mass is 439 g/mol. The quantitative estimate of drug-likeness (QED) is 0.309. The summed E-state index contributed by atoms with van der Waals surface area (Å²) < 4.78 is 0. The van der Waals surface area contributed by atoms with Crippen LogP contribution >= 0.6 is 24.0 Å². The average Bonchev–Trinajstić information content (AvgIpc) is 2.49. The predicted octanol–water partition coefficient (Wildman–Crippen LogP) is 0.684. The van der Waals surface area contributed by atoms with Crippen LogP contribution in [0.1, 0.15) is 39.0 Å². The van der Waals surface area contributed by atoms with Gasteiger partial charge in [-0.05, 0) is 25.2 Å². The van der Waals surface area contributed by atoms with Crippen molar-refractivity contribution in [1.82, 2.24) is 15.5 Å². The van der Waals surface area contributed by atoms with Crippen LogP contribution in [-0.4, -0.2) is 55.9 Å². The second-order valence-electron chi connectivity index (χ2n) is 5.70. The highest BCUT2D eigenvalue weighted by atomic mass is 127. The minimum absolute atomic E-state index is 0. The fourth-order valence-corrected chi connectivity index (χ4v) is 2.68. The van der Waals surface area contributed by atoms with E-state index in [9.17, 15) is 9.59 Å². The third-order valence-corrected chi connectivity index (χ3v) is 3.73. The Morgan fingerprint density at radius 3 is 2.65 bits per heavy atom. The Bertz CT molecular complexity index is 403. The molecule has 1 aliphatic heterocycles. The largest absolute Gasteiger partial charge is 0.370 e. The van der Waals surface area contributed by atoms with Gasteiger partial charge >= 0.3 is 0 Å². The van der Waals surface area contributed by atoms with Gasteiger partial charge in [-0.3, -0.25) is 14.6 Å². The van der Waals surface area contributed by atoms with E-state index < -0.39 is 0 Å². The lowest BCUT2D eigenvalue weighted by Gasteiger charge is -2.34. The molecule has 0 aliphatic carbocycles. The third kappa shape index (κ3) is 8.97. The molecule has 1 rings (SSSR count). The maximum atomic E-state index is 11.6. The topological polar surface area (TPSA) is 99.8 Å². The number of amides is 2. The van der Waals surface area contributed by atoms with Crippen molar-refractivity contribution in [2.24, 2.45) is 16.6 Å². The maximum absolute atomic E-state index is 11.6. The number of piperidine rings is 1. The van der Waals surface area contributed by atoms with Gasteiger partial charge in [-0.2, -0.15) is 0 Å². The SMILES string of the molecule is CCCNC(=O)CCNC(=NC)N1CCCC(CC(N)=O)C1.I. The molecule has 4 N–H and O–H groups in total. The first-order chi connectivity index (χ1) is 10.6. The number of guanidine groups is 1. The van der Waals surface area contributed by atoms with Crippen LogP contribution in [0.2, 0.25) is 0 Å². The van der Waals surface area contributed by atoms with E-state index in [4.69, 9.17) is 5.73 Å². The number of likely N-dealkylation sites (tertiary alicyclic amines) is 1. The zero-order chi connectivity index (χ0) is 16.4. The first kappa shape index (κ1) is 21.9. The van der Waals surface area contributed by atoms with Gasteiger partial charge in [-0.15, -0.1) is 24.0 Å². The van der Waals surface area contributed by atoms with Gasteiger partial charge in [0.25, 0.3) is 0 Å². The van der Waals surface area contributed by atoms with Crippen LogP contribution in [0, 0.1) is 5.92 Å². The molecule has 1 saturated heterocycles. The second-order valence-corrected chi connectivity index (χ2v) is 5.70. The fourth-order valence-electron chi connectivity index (χ4n) is 2.68. The summed E-state index contributed by atoms with van der Waals surface area (Å²) in [4.78, 5) is 29.0. The van der Waals surface area contributed by atoms with Gasteiger partial charge in [0.15, 0.2) is 5.96 Å². The Hall–Kier alpha value is -1.06. The zero-order valence-electron chi connectivity index (χ0n) is 14.1. The summed E-state index contributed by atoms with van der Waals surface area (Å²) in [7, 11) is 1.73. The molecule has 1 atom stereocenters. The first-order valence-electron chi connectivity index (χ1n) is 8.07. The Kier molecular flexibility index (Phi) is 11.8. The van der Waals surface area contributed by atoms with Crippen molar-refractivity contribution < 1.29 is 9.59 Å². The van der Waals surface area contributed by atoms with Crippen molar-refractivity contribution in [1.29, 1.82) is 0 Å². The number of hydrogen-bond acceptors (Lipinski definition) is 3. The van der Waals surface area contributed by atoms with Gasteiger partial charge in [0.2, 0.25) is 11.8 Å². The number of carbonyl (C=O) groups excluding carboxylic acids is 2. The lowest BCUT2D eigenvalue weighted by atomic mass is 9.95. The third-order valence-electron chi connectivity index (χ3n) is 3.73. The summed E-state index contributed by atoms with van der Waals surface area (Å²) in [5.41, 5.74) is 5.28. The lowest BCUT2D eigenvalue weighted by Crippen LogP contribution is -2.47. The van der Waals surface area contributed by atoms with Gasteiger partial charge < -0.3 is 21.3 Å². The number of halogens is 1. The Labute approximate surface area is 155 Å². The smallest absolute Gasteiger partial charge is 0.221 e. The Morgan fingerprint density at radius 1 is 1.30 bits per heavy atom. The molecule has 8 heteroatoms. The minimum Gasteiger partial charge on any atom is -0.370 e. The van der Waals surface area contributed by atoms with Crippen LogP contribution in [0.5, 0.6) is 0 Å². The highest BCUT2D eigenvalue weighted by Gasteiger charge is 2.23. The highest BCUT2D eigenvalue weighted by Crippen LogP contribution is 2.19. The molecule has 1 aliphatic rings. The van der Waals surface area contributed by atoms with Crippen LogP contribution in [0.15, 0.2) is 4.99 Å². The molecule has 0 spiro atoms. The number of carbonyl (C=O) groups is 2. The molecule has 2 amide bonds. The molecule has 1 unspecified atom stereocenters.